The van der Waals surface area contributed by atoms with Crippen LogP contribution >= 0.6 is 11.3 Å². The molecule has 0 radical (unpaired) electrons. The molecule has 1 aromatic heterocycles. The Labute approximate surface area is 147 Å². The molecule has 1 heterocycles. The number of nitrogens with one attached hydrogen (secondary N) is 2. The summed E-state index contributed by atoms with van der Waals surface area (Å²) in [4.78, 5) is 26.0. The monoisotopic (exact) mass is 346 g/mol. The lowest BCUT2D eigenvalue weighted by atomic mass is 9.49. The Balaban J connectivity index is 1.24. The van der Waals surface area contributed by atoms with Gasteiger partial charge in [-0.2, -0.15) is 0 Å². The number of hydrogen-bond acceptors (Lipinski definition) is 3. The molecule has 2 amide bonds. The van der Waals surface area contributed by atoms with Crippen LogP contribution < -0.4 is 10.9 Å². The molecule has 1 aromatic rings. The quantitative estimate of drug-likeness (QED) is 0.803. The standard InChI is InChI=1S/C19H26N2O2S/c22-17(5-1-3-16-4-2-6-24-16)20-21-18(23)19-10-13-7-14(11-19)9-15(8-13)12-19/h2,4,6,13-15H,1,3,5,7-12H2,(H,20,22)(H,21,23). The van der Waals surface area contributed by atoms with Gasteiger partial charge in [0, 0.05) is 11.3 Å². The van der Waals surface area contributed by atoms with Crippen molar-refractivity contribution in [3.05, 3.63) is 22.4 Å². The van der Waals surface area contributed by atoms with Crippen molar-refractivity contribution in [3.63, 3.8) is 0 Å². The first-order valence-electron chi connectivity index (χ1n) is 9.25. The van der Waals surface area contributed by atoms with Crippen LogP contribution in [0.25, 0.3) is 0 Å². The van der Waals surface area contributed by atoms with Gasteiger partial charge in [-0.15, -0.1) is 11.3 Å². The average Bonchev–Trinajstić information content (AvgIpc) is 3.04. The lowest BCUT2D eigenvalue weighted by Crippen LogP contribution is -2.56. The van der Waals surface area contributed by atoms with E-state index in [1.54, 1.807) is 11.3 Å². The highest BCUT2D eigenvalue weighted by Gasteiger charge is 2.54. The fourth-order valence-corrected chi connectivity index (χ4v) is 6.34. The maximum atomic E-state index is 12.7. The molecule has 0 unspecified atom stereocenters. The largest absolute Gasteiger partial charge is 0.273 e. The first-order chi connectivity index (χ1) is 11.6. The molecule has 24 heavy (non-hydrogen) atoms. The summed E-state index contributed by atoms with van der Waals surface area (Å²) in [6.07, 6.45) is 9.24. The van der Waals surface area contributed by atoms with E-state index in [0.717, 1.165) is 49.9 Å². The highest BCUT2D eigenvalue weighted by Crippen LogP contribution is 2.59. The van der Waals surface area contributed by atoms with Crippen molar-refractivity contribution in [1.29, 1.82) is 0 Å². The minimum atomic E-state index is -0.195. The number of hydrogen-bond donors (Lipinski definition) is 2. The lowest BCUT2D eigenvalue weighted by molar-refractivity contribution is -0.148. The number of hydrazine groups is 1. The number of amides is 2. The van der Waals surface area contributed by atoms with Crippen molar-refractivity contribution < 1.29 is 9.59 Å². The summed E-state index contributed by atoms with van der Waals surface area (Å²) in [5.74, 6) is 2.20. The summed E-state index contributed by atoms with van der Waals surface area (Å²) in [6, 6.07) is 4.13. The Hall–Kier alpha value is -1.36. The second-order valence-corrected chi connectivity index (χ2v) is 9.17. The highest BCUT2D eigenvalue weighted by atomic mass is 32.1. The van der Waals surface area contributed by atoms with Crippen LogP contribution in [-0.4, -0.2) is 11.8 Å². The maximum Gasteiger partial charge on any atom is 0.244 e. The molecule has 0 aromatic carbocycles. The predicted molar refractivity (Wildman–Crippen MR) is 94.1 cm³/mol. The van der Waals surface area contributed by atoms with E-state index in [1.807, 2.05) is 6.07 Å². The third-order valence-corrected chi connectivity index (χ3v) is 7.18. The first kappa shape index (κ1) is 16.1. The Bertz CT molecular complexity index is 576. The van der Waals surface area contributed by atoms with Gasteiger partial charge in [0.15, 0.2) is 0 Å². The predicted octanol–water partition coefficient (Wildman–Crippen LogP) is 3.43. The van der Waals surface area contributed by atoms with Gasteiger partial charge < -0.3 is 0 Å². The van der Waals surface area contributed by atoms with E-state index in [-0.39, 0.29) is 17.2 Å². The minimum absolute atomic E-state index is 0.0632. The molecule has 0 aliphatic heterocycles. The molecule has 4 bridgehead atoms. The van der Waals surface area contributed by atoms with Gasteiger partial charge in [-0.05, 0) is 80.6 Å². The van der Waals surface area contributed by atoms with Crippen LogP contribution in [0, 0.1) is 23.2 Å². The molecule has 0 spiro atoms. The second-order valence-electron chi connectivity index (χ2n) is 8.13. The Kier molecular flexibility index (Phi) is 4.37. The molecule has 4 saturated carbocycles. The summed E-state index contributed by atoms with van der Waals surface area (Å²) >= 11 is 1.72. The number of rotatable bonds is 5. The molecule has 5 heteroatoms. The van der Waals surface area contributed by atoms with E-state index < -0.39 is 0 Å². The third kappa shape index (κ3) is 3.23. The van der Waals surface area contributed by atoms with Gasteiger partial charge in [0.25, 0.3) is 0 Å². The third-order valence-electron chi connectivity index (χ3n) is 6.24. The van der Waals surface area contributed by atoms with Crippen molar-refractivity contribution in [1.82, 2.24) is 10.9 Å². The number of thiophene rings is 1. The van der Waals surface area contributed by atoms with E-state index >= 15 is 0 Å². The van der Waals surface area contributed by atoms with Crippen LogP contribution in [0.15, 0.2) is 17.5 Å². The Morgan fingerprint density at radius 2 is 1.75 bits per heavy atom. The van der Waals surface area contributed by atoms with Crippen molar-refractivity contribution in [2.75, 3.05) is 0 Å². The molecular formula is C19H26N2O2S. The van der Waals surface area contributed by atoms with Gasteiger partial charge in [-0.3, -0.25) is 20.4 Å². The van der Waals surface area contributed by atoms with Crippen LogP contribution in [0.1, 0.15) is 56.2 Å². The molecular weight excluding hydrogens is 320 g/mol. The van der Waals surface area contributed by atoms with Gasteiger partial charge in [-0.1, -0.05) is 6.07 Å². The number of aryl methyl sites for hydroxylation is 1. The highest BCUT2D eigenvalue weighted by molar-refractivity contribution is 7.09. The van der Waals surface area contributed by atoms with E-state index in [0.29, 0.717) is 6.42 Å². The summed E-state index contributed by atoms with van der Waals surface area (Å²) in [7, 11) is 0. The zero-order chi connectivity index (χ0) is 16.6. The van der Waals surface area contributed by atoms with Crippen LogP contribution in [0.4, 0.5) is 0 Å². The maximum absolute atomic E-state index is 12.7. The molecule has 4 fully saturated rings. The Morgan fingerprint density at radius 1 is 1.08 bits per heavy atom. The van der Waals surface area contributed by atoms with Crippen molar-refractivity contribution >= 4 is 23.2 Å². The van der Waals surface area contributed by atoms with Crippen molar-refractivity contribution in [3.8, 4) is 0 Å². The SMILES string of the molecule is O=C(CCCc1cccs1)NNC(=O)C12CC3CC(CC(C3)C1)C2. The number of carbonyl (C=O) groups excluding carboxylic acids is 2. The van der Waals surface area contributed by atoms with Crippen molar-refractivity contribution in [2.24, 2.45) is 23.2 Å². The topological polar surface area (TPSA) is 58.2 Å². The lowest BCUT2D eigenvalue weighted by Gasteiger charge is -2.55. The Morgan fingerprint density at radius 3 is 2.33 bits per heavy atom. The van der Waals surface area contributed by atoms with Gasteiger partial charge in [0.1, 0.15) is 0 Å². The van der Waals surface area contributed by atoms with Crippen LogP contribution in [0.3, 0.4) is 0 Å². The molecule has 2 N–H and O–H groups in total. The molecule has 5 rings (SSSR count). The fourth-order valence-electron chi connectivity index (χ4n) is 5.59. The van der Waals surface area contributed by atoms with Gasteiger partial charge in [-0.25, -0.2) is 0 Å². The number of carbonyl (C=O) groups is 2. The van der Waals surface area contributed by atoms with Crippen LogP contribution in [0.5, 0.6) is 0 Å². The summed E-state index contributed by atoms with van der Waals surface area (Å²) < 4.78 is 0. The second kappa shape index (κ2) is 6.51. The van der Waals surface area contributed by atoms with Gasteiger partial charge in [0.2, 0.25) is 11.8 Å². The van der Waals surface area contributed by atoms with Gasteiger partial charge >= 0.3 is 0 Å². The molecule has 4 nitrogen and oxygen atoms in total. The minimum Gasteiger partial charge on any atom is -0.273 e. The summed E-state index contributed by atoms with van der Waals surface area (Å²) in [5, 5.41) is 2.06. The van der Waals surface area contributed by atoms with Crippen LogP contribution in [-0.2, 0) is 16.0 Å². The zero-order valence-corrected chi connectivity index (χ0v) is 14.9. The zero-order valence-electron chi connectivity index (χ0n) is 14.1. The van der Waals surface area contributed by atoms with Crippen LogP contribution in [0.2, 0.25) is 0 Å². The van der Waals surface area contributed by atoms with E-state index in [9.17, 15) is 9.59 Å². The van der Waals surface area contributed by atoms with E-state index in [1.165, 1.54) is 24.1 Å². The molecule has 0 atom stereocenters. The summed E-state index contributed by atoms with van der Waals surface area (Å²) in [5.41, 5.74) is 5.20. The summed E-state index contributed by atoms with van der Waals surface area (Å²) in [6.45, 7) is 0. The molecule has 4 aliphatic carbocycles. The van der Waals surface area contributed by atoms with Gasteiger partial charge in [0.05, 0.1) is 5.41 Å². The molecule has 130 valence electrons. The normalized spacial score (nSPS) is 33.4. The van der Waals surface area contributed by atoms with E-state index in [4.69, 9.17) is 0 Å². The first-order valence-corrected chi connectivity index (χ1v) is 10.1. The molecule has 4 aliphatic rings. The smallest absolute Gasteiger partial charge is 0.244 e. The average molecular weight is 346 g/mol. The molecule has 0 saturated heterocycles. The van der Waals surface area contributed by atoms with E-state index in [2.05, 4.69) is 22.3 Å². The fraction of sp³-hybridized carbons (Fsp3) is 0.684. The van der Waals surface area contributed by atoms with Crippen molar-refractivity contribution in [2.45, 2.75) is 57.8 Å².